The van der Waals surface area contributed by atoms with Crippen LogP contribution in [0, 0.1) is 13.8 Å². The number of hydrogen-bond acceptors (Lipinski definition) is 4. The molecule has 1 saturated heterocycles. The standard InChI is InChI=1S/C16H23NO4/c1-12-4-5-13(2)15(10-12)21-8-3-6-17-7-9-20-11-14(17)16(18)19/h4-5,10,14H,3,6-9,11H2,1-2H3,(H,18,19). The van der Waals surface area contributed by atoms with Crippen LogP contribution in [0.2, 0.25) is 0 Å². The molecule has 1 aliphatic rings. The molecule has 0 spiro atoms. The number of benzene rings is 1. The molecule has 0 aromatic heterocycles. The summed E-state index contributed by atoms with van der Waals surface area (Å²) in [6.07, 6.45) is 0.803. The summed E-state index contributed by atoms with van der Waals surface area (Å²) in [6, 6.07) is 5.62. The minimum Gasteiger partial charge on any atom is -0.493 e. The maximum Gasteiger partial charge on any atom is 0.323 e. The van der Waals surface area contributed by atoms with Crippen LogP contribution in [0.1, 0.15) is 17.5 Å². The van der Waals surface area contributed by atoms with Crippen LogP contribution in [-0.4, -0.2) is 54.9 Å². The van der Waals surface area contributed by atoms with E-state index in [0.717, 1.165) is 17.7 Å². The van der Waals surface area contributed by atoms with E-state index in [1.54, 1.807) is 0 Å². The van der Waals surface area contributed by atoms with Gasteiger partial charge in [0.25, 0.3) is 0 Å². The van der Waals surface area contributed by atoms with Crippen molar-refractivity contribution in [1.29, 1.82) is 0 Å². The molecule has 2 rings (SSSR count). The van der Waals surface area contributed by atoms with E-state index in [4.69, 9.17) is 14.6 Å². The second-order valence-corrected chi connectivity index (χ2v) is 5.44. The first-order valence-electron chi connectivity index (χ1n) is 7.32. The number of aliphatic carboxylic acids is 1. The van der Waals surface area contributed by atoms with E-state index >= 15 is 0 Å². The lowest BCUT2D eigenvalue weighted by molar-refractivity contribution is -0.149. The summed E-state index contributed by atoms with van der Waals surface area (Å²) in [5.41, 5.74) is 2.30. The number of ether oxygens (including phenoxy) is 2. The molecule has 1 atom stereocenters. The van der Waals surface area contributed by atoms with Crippen molar-refractivity contribution in [2.24, 2.45) is 0 Å². The zero-order chi connectivity index (χ0) is 15.2. The van der Waals surface area contributed by atoms with Gasteiger partial charge in [-0.15, -0.1) is 0 Å². The van der Waals surface area contributed by atoms with Gasteiger partial charge in [0.15, 0.2) is 0 Å². The summed E-state index contributed by atoms with van der Waals surface area (Å²) in [5, 5.41) is 9.16. The molecule has 0 aliphatic carbocycles. The largest absolute Gasteiger partial charge is 0.493 e. The number of carboxylic acid groups (broad SMARTS) is 1. The van der Waals surface area contributed by atoms with Gasteiger partial charge in [0, 0.05) is 13.1 Å². The highest BCUT2D eigenvalue weighted by Crippen LogP contribution is 2.19. The molecule has 0 radical (unpaired) electrons. The Morgan fingerprint density at radius 3 is 3.05 bits per heavy atom. The van der Waals surface area contributed by atoms with Gasteiger partial charge in [0.2, 0.25) is 0 Å². The lowest BCUT2D eigenvalue weighted by atomic mass is 10.1. The van der Waals surface area contributed by atoms with Gasteiger partial charge < -0.3 is 14.6 Å². The van der Waals surface area contributed by atoms with E-state index in [9.17, 15) is 4.79 Å². The molecule has 1 unspecified atom stereocenters. The summed E-state index contributed by atoms with van der Waals surface area (Å²) in [7, 11) is 0. The molecule has 116 valence electrons. The Labute approximate surface area is 125 Å². The van der Waals surface area contributed by atoms with Gasteiger partial charge >= 0.3 is 5.97 Å². The highest BCUT2D eigenvalue weighted by molar-refractivity contribution is 5.73. The number of rotatable bonds is 6. The van der Waals surface area contributed by atoms with Gasteiger partial charge in [-0.05, 0) is 37.5 Å². The zero-order valence-electron chi connectivity index (χ0n) is 12.7. The number of carbonyl (C=O) groups is 1. The van der Waals surface area contributed by atoms with Crippen LogP contribution >= 0.6 is 0 Å². The number of aryl methyl sites for hydroxylation is 2. The fourth-order valence-corrected chi connectivity index (χ4v) is 2.45. The lowest BCUT2D eigenvalue weighted by Crippen LogP contribution is -2.50. The number of hydrogen-bond donors (Lipinski definition) is 1. The third-order valence-corrected chi connectivity index (χ3v) is 3.72. The molecule has 0 bridgehead atoms. The second kappa shape index (κ2) is 7.43. The normalized spacial score (nSPS) is 19.4. The average molecular weight is 293 g/mol. The maximum absolute atomic E-state index is 11.1. The molecular weight excluding hydrogens is 270 g/mol. The highest BCUT2D eigenvalue weighted by Gasteiger charge is 2.28. The minimum absolute atomic E-state index is 0.271. The molecule has 1 heterocycles. The first-order chi connectivity index (χ1) is 10.1. The molecule has 0 amide bonds. The smallest absolute Gasteiger partial charge is 0.323 e. The molecule has 5 heteroatoms. The molecule has 1 aliphatic heterocycles. The van der Waals surface area contributed by atoms with Crippen LogP contribution in [0.25, 0.3) is 0 Å². The number of carboxylic acids is 1. The summed E-state index contributed by atoms with van der Waals surface area (Å²) in [5.74, 6) is 0.0944. The third kappa shape index (κ3) is 4.44. The Morgan fingerprint density at radius 2 is 2.29 bits per heavy atom. The van der Waals surface area contributed by atoms with E-state index < -0.39 is 12.0 Å². The highest BCUT2D eigenvalue weighted by atomic mass is 16.5. The van der Waals surface area contributed by atoms with Crippen molar-refractivity contribution in [3.05, 3.63) is 29.3 Å². The first-order valence-corrected chi connectivity index (χ1v) is 7.32. The Kier molecular flexibility index (Phi) is 5.59. The van der Waals surface area contributed by atoms with Crippen LogP contribution in [-0.2, 0) is 9.53 Å². The van der Waals surface area contributed by atoms with E-state index in [-0.39, 0.29) is 6.61 Å². The molecule has 1 aromatic rings. The molecule has 1 aromatic carbocycles. The van der Waals surface area contributed by atoms with Gasteiger partial charge in [-0.3, -0.25) is 9.69 Å². The third-order valence-electron chi connectivity index (χ3n) is 3.72. The van der Waals surface area contributed by atoms with Crippen molar-refractivity contribution in [3.8, 4) is 5.75 Å². The number of morpholine rings is 1. The van der Waals surface area contributed by atoms with Gasteiger partial charge in [0.1, 0.15) is 11.8 Å². The fraction of sp³-hybridized carbons (Fsp3) is 0.562. The summed E-state index contributed by atoms with van der Waals surface area (Å²) in [4.78, 5) is 13.1. The zero-order valence-corrected chi connectivity index (χ0v) is 12.7. The Morgan fingerprint density at radius 1 is 1.48 bits per heavy atom. The van der Waals surface area contributed by atoms with Crippen molar-refractivity contribution < 1.29 is 19.4 Å². The van der Waals surface area contributed by atoms with Crippen molar-refractivity contribution in [2.75, 3.05) is 32.9 Å². The van der Waals surface area contributed by atoms with Gasteiger partial charge in [-0.25, -0.2) is 0 Å². The quantitative estimate of drug-likeness (QED) is 0.811. The topological polar surface area (TPSA) is 59.0 Å². The average Bonchev–Trinajstić information content (AvgIpc) is 2.47. The molecule has 1 N–H and O–H groups in total. The fourth-order valence-electron chi connectivity index (χ4n) is 2.45. The summed E-state index contributed by atoms with van der Waals surface area (Å²) < 4.78 is 11.0. The van der Waals surface area contributed by atoms with E-state index in [1.807, 2.05) is 30.9 Å². The summed E-state index contributed by atoms with van der Waals surface area (Å²) in [6.45, 7) is 6.91. The van der Waals surface area contributed by atoms with Gasteiger partial charge in [-0.2, -0.15) is 0 Å². The molecule has 0 saturated carbocycles. The Balaban J connectivity index is 1.78. The van der Waals surface area contributed by atoms with Gasteiger partial charge in [0.05, 0.1) is 19.8 Å². The molecule has 5 nitrogen and oxygen atoms in total. The van der Waals surface area contributed by atoms with Crippen LogP contribution in [0.3, 0.4) is 0 Å². The van der Waals surface area contributed by atoms with Crippen molar-refractivity contribution in [3.63, 3.8) is 0 Å². The van der Waals surface area contributed by atoms with Gasteiger partial charge in [-0.1, -0.05) is 12.1 Å². The Bertz CT molecular complexity index is 489. The minimum atomic E-state index is -0.815. The van der Waals surface area contributed by atoms with Crippen LogP contribution in [0.15, 0.2) is 18.2 Å². The number of nitrogens with zero attached hydrogens (tertiary/aromatic N) is 1. The molecule has 1 fully saturated rings. The van der Waals surface area contributed by atoms with E-state index in [1.165, 1.54) is 5.56 Å². The van der Waals surface area contributed by atoms with Crippen molar-refractivity contribution >= 4 is 5.97 Å². The predicted molar refractivity (Wildman–Crippen MR) is 79.8 cm³/mol. The van der Waals surface area contributed by atoms with E-state index in [2.05, 4.69) is 6.07 Å². The van der Waals surface area contributed by atoms with E-state index in [0.29, 0.717) is 26.3 Å². The predicted octanol–water partition coefficient (Wildman–Crippen LogP) is 1.86. The lowest BCUT2D eigenvalue weighted by Gasteiger charge is -2.32. The van der Waals surface area contributed by atoms with Crippen LogP contribution in [0.5, 0.6) is 5.75 Å². The maximum atomic E-state index is 11.1. The second-order valence-electron chi connectivity index (χ2n) is 5.44. The van der Waals surface area contributed by atoms with Crippen LogP contribution in [0.4, 0.5) is 0 Å². The first kappa shape index (κ1) is 15.8. The van der Waals surface area contributed by atoms with Crippen molar-refractivity contribution in [2.45, 2.75) is 26.3 Å². The SMILES string of the molecule is Cc1ccc(C)c(OCCCN2CCOCC2C(=O)O)c1. The van der Waals surface area contributed by atoms with Crippen LogP contribution < -0.4 is 4.74 Å². The van der Waals surface area contributed by atoms with Crippen molar-refractivity contribution in [1.82, 2.24) is 4.90 Å². The Hall–Kier alpha value is -1.59. The molecule has 21 heavy (non-hydrogen) atoms. The molecular formula is C16H23NO4. The monoisotopic (exact) mass is 293 g/mol. The summed E-state index contributed by atoms with van der Waals surface area (Å²) >= 11 is 0.